The minimum atomic E-state index is -0.233. The molecule has 0 spiro atoms. The van der Waals surface area contributed by atoms with Crippen molar-refractivity contribution < 1.29 is 14.3 Å². The molecule has 5 nitrogen and oxygen atoms in total. The lowest BCUT2D eigenvalue weighted by Crippen LogP contribution is -2.62. The predicted octanol–water partition coefficient (Wildman–Crippen LogP) is 6.28. The van der Waals surface area contributed by atoms with E-state index in [1.807, 2.05) is 42.3 Å². The zero-order chi connectivity index (χ0) is 27.4. The highest BCUT2D eigenvalue weighted by atomic mass is 16.5. The molecule has 1 aromatic carbocycles. The first-order valence-corrected chi connectivity index (χ1v) is 15.1. The third-order valence-corrected chi connectivity index (χ3v) is 12.3. The number of ether oxygens (including phenoxy) is 1. The van der Waals surface area contributed by atoms with Gasteiger partial charge >= 0.3 is 5.97 Å². The number of rotatable bonds is 5. The molecule has 0 bridgehead atoms. The number of carbonyl (C=O) groups is 2. The van der Waals surface area contributed by atoms with Crippen molar-refractivity contribution in [3.63, 3.8) is 0 Å². The molecule has 0 heterocycles. The van der Waals surface area contributed by atoms with E-state index in [1.165, 1.54) is 39.0 Å². The van der Waals surface area contributed by atoms with Gasteiger partial charge in [0.15, 0.2) is 0 Å². The highest BCUT2D eigenvalue weighted by Crippen LogP contribution is 2.68. The largest absolute Gasteiger partial charge is 0.460 e. The number of nitrogens with zero attached hydrogens (tertiary/aromatic N) is 2. The van der Waals surface area contributed by atoms with Crippen molar-refractivity contribution in [3.8, 4) is 0 Å². The molecule has 0 aromatic heterocycles. The molecule has 210 valence electrons. The number of benzene rings is 1. The maximum Gasteiger partial charge on any atom is 0.302 e. The molecule has 38 heavy (non-hydrogen) atoms. The van der Waals surface area contributed by atoms with Gasteiger partial charge in [0.2, 0.25) is 0 Å². The van der Waals surface area contributed by atoms with Gasteiger partial charge in [0.25, 0.3) is 5.91 Å². The number of hydrogen-bond donors (Lipinski definition) is 0. The lowest BCUT2D eigenvalue weighted by Gasteiger charge is -2.63. The molecule has 0 aliphatic heterocycles. The fraction of sp³-hybridized carbons (Fsp3) is 0.758. The first kappa shape index (κ1) is 27.7. The lowest BCUT2D eigenvalue weighted by atomic mass is 9.44. The minimum absolute atomic E-state index is 0.0190. The average molecular weight is 523 g/mol. The number of esters is 1. The smallest absolute Gasteiger partial charge is 0.302 e. The van der Waals surface area contributed by atoms with Crippen LogP contribution in [-0.4, -0.2) is 61.0 Å². The number of fused-ring (bicyclic) bond motifs is 5. The first-order valence-electron chi connectivity index (χ1n) is 15.1. The second-order valence-electron chi connectivity index (χ2n) is 14.0. The van der Waals surface area contributed by atoms with E-state index in [0.717, 1.165) is 37.0 Å². The Morgan fingerprint density at radius 2 is 1.50 bits per heavy atom. The topological polar surface area (TPSA) is 49.9 Å². The van der Waals surface area contributed by atoms with Crippen LogP contribution in [0.5, 0.6) is 0 Å². The molecule has 4 aliphatic rings. The normalized spacial score (nSPS) is 41.0. The zero-order valence-electron chi connectivity index (χ0n) is 24.8. The monoisotopic (exact) mass is 522 g/mol. The van der Waals surface area contributed by atoms with Gasteiger partial charge in [0.1, 0.15) is 6.10 Å². The van der Waals surface area contributed by atoms with Crippen LogP contribution in [0.4, 0.5) is 0 Å². The SMILES string of the molecule is CC(=O)O[C@H]1[C@@H](N(C)C(=O)c2ccccc2)CC[C@]2(C)[C@H]3CC[C@]4(C)[C@@H]([C@H](C)N(C)C)CC[C@H]4[C@@H]3CC[C@@H]12. The number of carbonyl (C=O) groups excluding carboxylic acids is 2. The molecule has 1 aromatic rings. The second kappa shape index (κ2) is 10.3. The highest BCUT2D eigenvalue weighted by Gasteiger charge is 2.63. The third-order valence-electron chi connectivity index (χ3n) is 12.3. The Morgan fingerprint density at radius 1 is 0.868 bits per heavy atom. The van der Waals surface area contributed by atoms with E-state index < -0.39 is 0 Å². The Hall–Kier alpha value is -1.88. The molecular formula is C33H50N2O3. The van der Waals surface area contributed by atoms with Gasteiger partial charge < -0.3 is 14.5 Å². The molecule has 4 aliphatic carbocycles. The lowest BCUT2D eigenvalue weighted by molar-refractivity contribution is -0.185. The number of likely N-dealkylation sites (N-methyl/N-ethyl adjacent to an activating group) is 1. The Labute approximate surface area is 230 Å². The summed E-state index contributed by atoms with van der Waals surface area (Å²) in [5, 5.41) is 0. The highest BCUT2D eigenvalue weighted by molar-refractivity contribution is 5.94. The van der Waals surface area contributed by atoms with Crippen LogP contribution in [0.1, 0.15) is 89.4 Å². The molecule has 0 unspecified atom stereocenters. The standard InChI is InChI=1S/C33H50N2O3/c1-21(34(5)6)25-15-16-26-24-13-14-28-30(38-22(2)36)29(35(7)31(37)23-11-9-8-10-12-23)18-20-33(28,4)27(24)17-19-32(25,26)3/h8-12,21,24-30H,13-20H2,1-7H3/t21-,24-,25+,26-,27-,28-,29-,30+,32+,33+/m0/s1. The fourth-order valence-corrected chi connectivity index (χ4v) is 10.2. The van der Waals surface area contributed by atoms with Crippen LogP contribution in [-0.2, 0) is 9.53 Å². The Morgan fingerprint density at radius 3 is 2.16 bits per heavy atom. The first-order chi connectivity index (χ1) is 18.0. The van der Waals surface area contributed by atoms with Gasteiger partial charge in [0, 0.05) is 31.5 Å². The van der Waals surface area contributed by atoms with Crippen LogP contribution in [0.25, 0.3) is 0 Å². The predicted molar refractivity (Wildman–Crippen MR) is 152 cm³/mol. The van der Waals surface area contributed by atoms with Crippen molar-refractivity contribution in [2.24, 2.45) is 40.4 Å². The van der Waals surface area contributed by atoms with Crippen LogP contribution in [0.2, 0.25) is 0 Å². The Balaban J connectivity index is 1.40. The molecule has 5 heteroatoms. The molecule has 1 amide bonds. The van der Waals surface area contributed by atoms with Gasteiger partial charge in [0.05, 0.1) is 6.04 Å². The van der Waals surface area contributed by atoms with Crippen LogP contribution in [0.15, 0.2) is 30.3 Å². The summed E-state index contributed by atoms with van der Waals surface area (Å²) in [4.78, 5) is 30.1. The third kappa shape index (κ3) is 4.41. The maximum absolute atomic E-state index is 13.4. The fourth-order valence-electron chi connectivity index (χ4n) is 10.2. The van der Waals surface area contributed by atoms with Crippen molar-refractivity contribution in [2.45, 2.75) is 97.2 Å². The van der Waals surface area contributed by atoms with Gasteiger partial charge in [-0.1, -0.05) is 32.0 Å². The van der Waals surface area contributed by atoms with Crippen molar-refractivity contribution in [1.82, 2.24) is 9.80 Å². The van der Waals surface area contributed by atoms with Gasteiger partial charge in [-0.05, 0) is 119 Å². The summed E-state index contributed by atoms with van der Waals surface area (Å²) in [6.07, 6.45) is 9.42. The number of amides is 1. The molecule has 10 atom stereocenters. The Kier molecular flexibility index (Phi) is 7.47. The second-order valence-corrected chi connectivity index (χ2v) is 14.0. The van der Waals surface area contributed by atoms with Crippen LogP contribution in [0, 0.1) is 40.4 Å². The van der Waals surface area contributed by atoms with E-state index >= 15 is 0 Å². The van der Waals surface area contributed by atoms with E-state index in [1.54, 1.807) is 0 Å². The maximum atomic E-state index is 13.4. The van der Waals surface area contributed by atoms with E-state index in [9.17, 15) is 9.59 Å². The van der Waals surface area contributed by atoms with Crippen LogP contribution >= 0.6 is 0 Å². The molecular weight excluding hydrogens is 472 g/mol. The quantitative estimate of drug-likeness (QED) is 0.427. The summed E-state index contributed by atoms with van der Waals surface area (Å²) < 4.78 is 6.17. The number of hydrogen-bond acceptors (Lipinski definition) is 4. The van der Waals surface area contributed by atoms with Gasteiger partial charge in [-0.25, -0.2) is 0 Å². The minimum Gasteiger partial charge on any atom is -0.460 e. The van der Waals surface area contributed by atoms with E-state index in [0.29, 0.717) is 28.9 Å². The summed E-state index contributed by atoms with van der Waals surface area (Å²) in [6.45, 7) is 9.09. The van der Waals surface area contributed by atoms with Crippen molar-refractivity contribution in [2.75, 3.05) is 21.1 Å². The van der Waals surface area contributed by atoms with Gasteiger partial charge in [-0.3, -0.25) is 9.59 Å². The van der Waals surface area contributed by atoms with Crippen molar-refractivity contribution in [3.05, 3.63) is 35.9 Å². The summed E-state index contributed by atoms with van der Waals surface area (Å²) in [5.74, 6) is 3.13. The molecule has 5 rings (SSSR count). The van der Waals surface area contributed by atoms with Crippen LogP contribution < -0.4 is 0 Å². The molecule has 0 N–H and O–H groups in total. The molecule has 4 saturated carbocycles. The zero-order valence-corrected chi connectivity index (χ0v) is 24.8. The molecule has 0 radical (unpaired) electrons. The van der Waals surface area contributed by atoms with Crippen molar-refractivity contribution in [1.29, 1.82) is 0 Å². The molecule has 4 fully saturated rings. The molecule has 0 saturated heterocycles. The average Bonchev–Trinajstić information content (AvgIpc) is 3.24. The van der Waals surface area contributed by atoms with Gasteiger partial charge in [-0.15, -0.1) is 0 Å². The summed E-state index contributed by atoms with van der Waals surface area (Å²) in [7, 11) is 6.39. The van der Waals surface area contributed by atoms with Crippen LogP contribution in [0.3, 0.4) is 0 Å². The summed E-state index contributed by atoms with van der Waals surface area (Å²) in [5.41, 5.74) is 1.29. The van der Waals surface area contributed by atoms with E-state index in [-0.39, 0.29) is 29.4 Å². The van der Waals surface area contributed by atoms with E-state index in [4.69, 9.17) is 4.74 Å². The van der Waals surface area contributed by atoms with Gasteiger partial charge in [-0.2, -0.15) is 0 Å². The summed E-state index contributed by atoms with van der Waals surface area (Å²) in [6, 6.07) is 10.1. The van der Waals surface area contributed by atoms with Crippen molar-refractivity contribution >= 4 is 11.9 Å². The summed E-state index contributed by atoms with van der Waals surface area (Å²) >= 11 is 0. The Bertz CT molecular complexity index is 1030. The van der Waals surface area contributed by atoms with E-state index in [2.05, 4.69) is 39.8 Å².